The number of rotatable bonds is 5. The molecule has 2 saturated heterocycles. The van der Waals surface area contributed by atoms with E-state index in [4.69, 9.17) is 0 Å². The molecule has 4 aliphatic rings. The molecule has 2 amide bonds. The molecule has 2 bridgehead atoms. The van der Waals surface area contributed by atoms with Gasteiger partial charge >= 0.3 is 0 Å². The minimum Gasteiger partial charge on any atom is -0.355 e. The van der Waals surface area contributed by atoms with E-state index in [1.165, 1.54) is 17.7 Å². The van der Waals surface area contributed by atoms with Crippen molar-refractivity contribution in [2.45, 2.75) is 25.3 Å². The van der Waals surface area contributed by atoms with E-state index in [0.717, 1.165) is 25.5 Å². The Bertz CT molecular complexity index is 622. The summed E-state index contributed by atoms with van der Waals surface area (Å²) in [4.78, 5) is 33.4. The maximum absolute atomic E-state index is 12.7. The Kier molecular flexibility index (Phi) is 6.45. The first kappa shape index (κ1) is 20.6. The van der Waals surface area contributed by atoms with E-state index in [0.29, 0.717) is 19.1 Å². The van der Waals surface area contributed by atoms with Gasteiger partial charge in [0.15, 0.2) is 5.96 Å². The summed E-state index contributed by atoms with van der Waals surface area (Å²) in [5.74, 6) is 1.12. The summed E-state index contributed by atoms with van der Waals surface area (Å²) < 4.78 is 0. The van der Waals surface area contributed by atoms with Crippen molar-refractivity contribution in [1.29, 1.82) is 0 Å². The molecule has 27 heavy (non-hydrogen) atoms. The van der Waals surface area contributed by atoms with Gasteiger partial charge in [-0.1, -0.05) is 12.2 Å². The SMILES string of the molecule is CN=C(NCCN1C(=O)C2C3C=CC(C3)C2C1=O)NCC1CCCN1C.I. The highest BCUT2D eigenvalue weighted by atomic mass is 127. The molecule has 2 heterocycles. The number of likely N-dealkylation sites (tertiary alicyclic amines) is 2. The van der Waals surface area contributed by atoms with Crippen LogP contribution in [-0.4, -0.2) is 73.9 Å². The molecule has 2 N–H and O–H groups in total. The second-order valence-corrected chi connectivity index (χ2v) is 7.98. The Hall–Kier alpha value is -1.16. The zero-order valence-corrected chi connectivity index (χ0v) is 18.4. The van der Waals surface area contributed by atoms with Gasteiger partial charge in [0.05, 0.1) is 11.8 Å². The van der Waals surface area contributed by atoms with E-state index < -0.39 is 0 Å². The highest BCUT2D eigenvalue weighted by Gasteiger charge is 2.58. The van der Waals surface area contributed by atoms with E-state index in [1.54, 1.807) is 7.05 Å². The van der Waals surface area contributed by atoms with Gasteiger partial charge in [-0.15, -0.1) is 24.0 Å². The van der Waals surface area contributed by atoms with Gasteiger partial charge in [-0.05, 0) is 44.7 Å². The minimum absolute atomic E-state index is 0. The third-order valence-electron chi connectivity index (χ3n) is 6.59. The first-order chi connectivity index (χ1) is 12.6. The third-order valence-corrected chi connectivity index (χ3v) is 6.59. The van der Waals surface area contributed by atoms with Crippen molar-refractivity contribution in [3.63, 3.8) is 0 Å². The monoisotopic (exact) mass is 487 g/mol. The largest absolute Gasteiger partial charge is 0.355 e. The highest BCUT2D eigenvalue weighted by Crippen LogP contribution is 2.52. The molecule has 0 aromatic carbocycles. The number of aliphatic imine (C=N–C) groups is 1. The predicted octanol–water partition coefficient (Wildman–Crippen LogP) is 0.671. The van der Waals surface area contributed by atoms with Crippen molar-refractivity contribution in [3.8, 4) is 0 Å². The highest BCUT2D eigenvalue weighted by molar-refractivity contribution is 14.0. The number of hydrogen-bond acceptors (Lipinski definition) is 4. The Balaban J connectivity index is 0.00000210. The lowest BCUT2D eigenvalue weighted by atomic mass is 9.85. The number of halogens is 1. The number of imide groups is 1. The number of fused-ring (bicyclic) bond motifs is 5. The van der Waals surface area contributed by atoms with Gasteiger partial charge < -0.3 is 15.5 Å². The van der Waals surface area contributed by atoms with Crippen LogP contribution in [0.2, 0.25) is 0 Å². The molecule has 5 atom stereocenters. The van der Waals surface area contributed by atoms with Crippen LogP contribution < -0.4 is 10.6 Å². The molecule has 1 saturated carbocycles. The first-order valence-electron chi connectivity index (χ1n) is 9.78. The summed E-state index contributed by atoms with van der Waals surface area (Å²) in [7, 11) is 3.90. The molecule has 150 valence electrons. The second kappa shape index (κ2) is 8.46. The van der Waals surface area contributed by atoms with Gasteiger partial charge in [-0.25, -0.2) is 0 Å². The summed E-state index contributed by atoms with van der Waals surface area (Å²) in [5.41, 5.74) is 0. The van der Waals surface area contributed by atoms with Gasteiger partial charge in [0.25, 0.3) is 0 Å². The Morgan fingerprint density at radius 2 is 1.85 bits per heavy atom. The number of allylic oxidation sites excluding steroid dienone is 2. The predicted molar refractivity (Wildman–Crippen MR) is 115 cm³/mol. The molecule has 4 rings (SSSR count). The van der Waals surface area contributed by atoms with E-state index in [1.807, 2.05) is 0 Å². The molecule has 0 aromatic rings. The lowest BCUT2D eigenvalue weighted by Crippen LogP contribution is -2.46. The number of hydrogen-bond donors (Lipinski definition) is 2. The number of likely N-dealkylation sites (N-methyl/N-ethyl adjacent to an activating group) is 1. The molecule has 0 aromatic heterocycles. The van der Waals surface area contributed by atoms with Gasteiger partial charge in [-0.3, -0.25) is 19.5 Å². The molecule has 0 radical (unpaired) electrons. The lowest BCUT2D eigenvalue weighted by molar-refractivity contribution is -0.140. The summed E-state index contributed by atoms with van der Waals surface area (Å²) in [6.07, 6.45) is 7.68. The summed E-state index contributed by atoms with van der Waals surface area (Å²) in [6.45, 7) is 2.95. The topological polar surface area (TPSA) is 77.0 Å². The Labute approximate surface area is 178 Å². The van der Waals surface area contributed by atoms with Gasteiger partial charge in [0, 0.05) is 32.7 Å². The molecular weight excluding hydrogens is 457 g/mol. The fourth-order valence-electron chi connectivity index (χ4n) is 5.14. The van der Waals surface area contributed by atoms with Crippen LogP contribution in [0.3, 0.4) is 0 Å². The quantitative estimate of drug-likeness (QED) is 0.196. The van der Waals surface area contributed by atoms with Crippen LogP contribution in [0.15, 0.2) is 17.1 Å². The zero-order chi connectivity index (χ0) is 18.3. The Morgan fingerprint density at radius 3 is 2.41 bits per heavy atom. The maximum atomic E-state index is 12.7. The first-order valence-corrected chi connectivity index (χ1v) is 9.78. The van der Waals surface area contributed by atoms with Gasteiger partial charge in [0.1, 0.15) is 0 Å². The van der Waals surface area contributed by atoms with Crippen molar-refractivity contribution in [3.05, 3.63) is 12.2 Å². The van der Waals surface area contributed by atoms with Crippen LogP contribution in [0.5, 0.6) is 0 Å². The summed E-state index contributed by atoms with van der Waals surface area (Å²) >= 11 is 0. The van der Waals surface area contributed by atoms with E-state index in [2.05, 4.69) is 39.7 Å². The van der Waals surface area contributed by atoms with Gasteiger partial charge in [-0.2, -0.15) is 0 Å². The summed E-state index contributed by atoms with van der Waals surface area (Å²) in [5, 5.41) is 6.59. The van der Waals surface area contributed by atoms with Crippen LogP contribution in [-0.2, 0) is 9.59 Å². The fourth-order valence-corrected chi connectivity index (χ4v) is 5.14. The summed E-state index contributed by atoms with van der Waals surface area (Å²) in [6, 6.07) is 0.539. The van der Waals surface area contributed by atoms with Crippen LogP contribution in [0, 0.1) is 23.7 Å². The molecule has 2 aliphatic carbocycles. The second-order valence-electron chi connectivity index (χ2n) is 7.98. The normalized spacial score (nSPS) is 35.0. The molecule has 0 spiro atoms. The number of amides is 2. The number of guanidine groups is 1. The number of carbonyl (C=O) groups is 2. The average molecular weight is 487 g/mol. The van der Waals surface area contributed by atoms with E-state index in [-0.39, 0.29) is 59.5 Å². The number of nitrogens with one attached hydrogen (secondary N) is 2. The molecule has 3 fully saturated rings. The molecule has 2 aliphatic heterocycles. The third kappa shape index (κ3) is 3.74. The van der Waals surface area contributed by atoms with Crippen LogP contribution in [0.1, 0.15) is 19.3 Å². The van der Waals surface area contributed by atoms with Crippen LogP contribution >= 0.6 is 24.0 Å². The van der Waals surface area contributed by atoms with Crippen molar-refractivity contribution in [2.75, 3.05) is 40.3 Å². The maximum Gasteiger partial charge on any atom is 0.233 e. The van der Waals surface area contributed by atoms with E-state index >= 15 is 0 Å². The molecular formula is C19H30IN5O2. The lowest BCUT2D eigenvalue weighted by Gasteiger charge is -2.22. The van der Waals surface area contributed by atoms with Crippen LogP contribution in [0.4, 0.5) is 0 Å². The standard InChI is InChI=1S/C19H29N5O2.HI/c1-20-19(22-11-14-4-3-8-23(14)2)21-7-9-24-17(25)15-12-5-6-13(10-12)16(15)18(24)26;/h5-6,12-16H,3-4,7-11H2,1-2H3,(H2,20,21,22);1H. The fraction of sp³-hybridized carbons (Fsp3) is 0.737. The van der Waals surface area contributed by atoms with Crippen molar-refractivity contribution in [2.24, 2.45) is 28.7 Å². The van der Waals surface area contributed by atoms with Crippen molar-refractivity contribution < 1.29 is 9.59 Å². The van der Waals surface area contributed by atoms with Gasteiger partial charge in [0.2, 0.25) is 11.8 Å². The number of carbonyl (C=O) groups excluding carboxylic acids is 2. The molecule has 7 nitrogen and oxygen atoms in total. The smallest absolute Gasteiger partial charge is 0.233 e. The molecule has 5 unspecified atom stereocenters. The van der Waals surface area contributed by atoms with Crippen molar-refractivity contribution >= 4 is 41.8 Å². The van der Waals surface area contributed by atoms with Crippen LogP contribution in [0.25, 0.3) is 0 Å². The average Bonchev–Trinajstić information content (AvgIpc) is 3.39. The number of nitrogens with zero attached hydrogens (tertiary/aromatic N) is 3. The Morgan fingerprint density at radius 1 is 1.19 bits per heavy atom. The molecule has 8 heteroatoms. The zero-order valence-electron chi connectivity index (χ0n) is 16.1. The minimum atomic E-state index is -0.104. The van der Waals surface area contributed by atoms with Crippen molar-refractivity contribution in [1.82, 2.24) is 20.4 Å². The van der Waals surface area contributed by atoms with E-state index in [9.17, 15) is 9.59 Å².